The number of nitrogens with zero attached hydrogens (tertiary/aromatic N) is 4. The van der Waals surface area contributed by atoms with Crippen molar-refractivity contribution in [2.45, 2.75) is 10.8 Å². The zero-order valence-electron chi connectivity index (χ0n) is 10.4. The number of thiophene rings is 1. The fraction of sp³-hybridized carbons (Fsp3) is 0.273. The average Bonchev–Trinajstić information content (AvgIpc) is 2.99. The quantitative estimate of drug-likeness (QED) is 0.848. The van der Waals surface area contributed by atoms with E-state index in [0.717, 1.165) is 11.3 Å². The van der Waals surface area contributed by atoms with Crippen molar-refractivity contribution in [3.05, 3.63) is 35.2 Å². The molecule has 0 atom stereocenters. The van der Waals surface area contributed by atoms with Gasteiger partial charge < -0.3 is 4.57 Å². The van der Waals surface area contributed by atoms with Gasteiger partial charge in [-0.1, -0.05) is 0 Å². The molecule has 0 radical (unpaired) electrons. The van der Waals surface area contributed by atoms with Crippen molar-refractivity contribution in [3.63, 3.8) is 0 Å². The zero-order chi connectivity index (χ0) is 14.0. The van der Waals surface area contributed by atoms with Crippen LogP contribution >= 0.6 is 11.3 Å². The molecule has 0 aliphatic heterocycles. The highest BCUT2D eigenvalue weighted by Gasteiger charge is 2.24. The van der Waals surface area contributed by atoms with Crippen LogP contribution in [0.3, 0.4) is 0 Å². The number of hydrogen-bond donors (Lipinski definition) is 0. The SMILES string of the molecule is CN(Cc1nccn1C)S(=O)(=O)c1ccc(C#N)s1. The van der Waals surface area contributed by atoms with Gasteiger partial charge in [0.15, 0.2) is 0 Å². The molecule has 6 nitrogen and oxygen atoms in total. The highest BCUT2D eigenvalue weighted by Crippen LogP contribution is 2.24. The van der Waals surface area contributed by atoms with Crippen LogP contribution in [0, 0.1) is 11.3 Å². The molecule has 2 aromatic heterocycles. The molecule has 0 N–H and O–H groups in total. The summed E-state index contributed by atoms with van der Waals surface area (Å²) in [7, 11) is -0.271. The second-order valence-electron chi connectivity index (χ2n) is 3.95. The third kappa shape index (κ3) is 2.68. The number of sulfonamides is 1. The lowest BCUT2D eigenvalue weighted by atomic mass is 10.5. The molecule has 0 bridgehead atoms. The Morgan fingerprint density at radius 2 is 2.26 bits per heavy atom. The number of hydrogen-bond acceptors (Lipinski definition) is 5. The van der Waals surface area contributed by atoms with Crippen LogP contribution < -0.4 is 0 Å². The summed E-state index contributed by atoms with van der Waals surface area (Å²) < 4.78 is 27.7. The Morgan fingerprint density at radius 3 is 2.79 bits per heavy atom. The smallest absolute Gasteiger partial charge is 0.252 e. The molecule has 0 saturated carbocycles. The van der Waals surface area contributed by atoms with Crippen LogP contribution in [0.25, 0.3) is 0 Å². The van der Waals surface area contributed by atoms with Gasteiger partial charge in [0.05, 0.1) is 6.54 Å². The van der Waals surface area contributed by atoms with Gasteiger partial charge in [-0.25, -0.2) is 13.4 Å². The van der Waals surface area contributed by atoms with Gasteiger partial charge in [0.2, 0.25) is 0 Å². The molecule has 0 saturated heterocycles. The lowest BCUT2D eigenvalue weighted by Crippen LogP contribution is -2.27. The topological polar surface area (TPSA) is 79.0 Å². The Labute approximate surface area is 115 Å². The molecule has 100 valence electrons. The number of rotatable bonds is 4. The Balaban J connectivity index is 2.25. The van der Waals surface area contributed by atoms with Crippen LogP contribution in [0.2, 0.25) is 0 Å². The molecule has 0 aliphatic rings. The fourth-order valence-corrected chi connectivity index (χ4v) is 3.94. The van der Waals surface area contributed by atoms with Crippen LogP contribution in [0.5, 0.6) is 0 Å². The molecule has 0 aromatic carbocycles. The van der Waals surface area contributed by atoms with Gasteiger partial charge in [-0.2, -0.15) is 9.57 Å². The minimum atomic E-state index is -3.57. The largest absolute Gasteiger partial charge is 0.337 e. The first-order valence-corrected chi connectivity index (χ1v) is 7.63. The van der Waals surface area contributed by atoms with Crippen molar-refractivity contribution >= 4 is 21.4 Å². The van der Waals surface area contributed by atoms with Crippen LogP contribution in [-0.2, 0) is 23.6 Å². The van der Waals surface area contributed by atoms with E-state index in [-0.39, 0.29) is 10.8 Å². The third-order valence-electron chi connectivity index (χ3n) is 2.64. The standard InChI is InChI=1S/C11H12N4O2S2/c1-14-6-5-13-10(14)8-15(2)19(16,17)11-4-3-9(7-12)18-11/h3-6H,8H2,1-2H3. The average molecular weight is 296 g/mol. The number of aromatic nitrogens is 2. The lowest BCUT2D eigenvalue weighted by Gasteiger charge is -2.15. The molecule has 0 amide bonds. The Bertz CT molecular complexity index is 724. The highest BCUT2D eigenvalue weighted by atomic mass is 32.2. The summed E-state index contributed by atoms with van der Waals surface area (Å²) in [6, 6.07) is 4.89. The second-order valence-corrected chi connectivity index (χ2v) is 7.30. The van der Waals surface area contributed by atoms with Crippen molar-refractivity contribution in [1.29, 1.82) is 5.26 Å². The first-order valence-electron chi connectivity index (χ1n) is 5.37. The summed E-state index contributed by atoms with van der Waals surface area (Å²) in [4.78, 5) is 4.47. The molecule has 19 heavy (non-hydrogen) atoms. The Kier molecular flexibility index (Phi) is 3.71. The van der Waals surface area contributed by atoms with Crippen molar-refractivity contribution in [2.75, 3.05) is 7.05 Å². The van der Waals surface area contributed by atoms with Crippen LogP contribution in [0.1, 0.15) is 10.7 Å². The van der Waals surface area contributed by atoms with E-state index < -0.39 is 10.0 Å². The Morgan fingerprint density at radius 1 is 1.53 bits per heavy atom. The predicted molar refractivity (Wildman–Crippen MR) is 70.9 cm³/mol. The van der Waals surface area contributed by atoms with Gasteiger partial charge in [0.1, 0.15) is 21.0 Å². The minimum absolute atomic E-state index is 0.167. The van der Waals surface area contributed by atoms with E-state index in [1.165, 1.54) is 23.5 Å². The molecule has 2 aromatic rings. The van der Waals surface area contributed by atoms with E-state index in [4.69, 9.17) is 5.26 Å². The zero-order valence-corrected chi connectivity index (χ0v) is 12.1. The first-order chi connectivity index (χ1) is 8.95. The van der Waals surface area contributed by atoms with Gasteiger partial charge in [-0.3, -0.25) is 0 Å². The molecule has 0 unspecified atom stereocenters. The maximum atomic E-state index is 12.3. The van der Waals surface area contributed by atoms with Gasteiger partial charge in [-0.15, -0.1) is 11.3 Å². The minimum Gasteiger partial charge on any atom is -0.337 e. The molecule has 2 heterocycles. The van der Waals surface area contributed by atoms with Gasteiger partial charge >= 0.3 is 0 Å². The van der Waals surface area contributed by atoms with E-state index in [1.807, 2.05) is 13.1 Å². The van der Waals surface area contributed by atoms with Gasteiger partial charge in [0.25, 0.3) is 10.0 Å². The van der Waals surface area contributed by atoms with E-state index in [2.05, 4.69) is 4.98 Å². The molecule has 0 fully saturated rings. The monoisotopic (exact) mass is 296 g/mol. The summed E-state index contributed by atoms with van der Waals surface area (Å²) in [5.74, 6) is 0.656. The lowest BCUT2D eigenvalue weighted by molar-refractivity contribution is 0.453. The summed E-state index contributed by atoms with van der Waals surface area (Å²) in [6.07, 6.45) is 3.38. The van der Waals surface area contributed by atoms with E-state index in [9.17, 15) is 8.42 Å². The predicted octanol–water partition coefficient (Wildman–Crippen LogP) is 1.17. The van der Waals surface area contributed by atoms with E-state index >= 15 is 0 Å². The van der Waals surface area contributed by atoms with Crippen molar-refractivity contribution in [3.8, 4) is 6.07 Å². The van der Waals surface area contributed by atoms with Crippen molar-refractivity contribution in [2.24, 2.45) is 7.05 Å². The second kappa shape index (κ2) is 5.13. The van der Waals surface area contributed by atoms with Crippen LogP contribution in [0.15, 0.2) is 28.7 Å². The van der Waals surface area contributed by atoms with Crippen molar-refractivity contribution < 1.29 is 8.42 Å². The third-order valence-corrected chi connectivity index (χ3v) is 5.90. The number of aryl methyl sites for hydroxylation is 1. The molecular weight excluding hydrogens is 284 g/mol. The summed E-state index contributed by atoms with van der Waals surface area (Å²) in [6.45, 7) is 0.186. The summed E-state index contributed by atoms with van der Waals surface area (Å²) >= 11 is 0.967. The fourth-order valence-electron chi connectivity index (χ4n) is 1.51. The maximum absolute atomic E-state index is 12.3. The van der Waals surface area contributed by atoms with Crippen LogP contribution in [-0.4, -0.2) is 29.3 Å². The molecule has 2 rings (SSSR count). The summed E-state index contributed by atoms with van der Waals surface area (Å²) in [5.41, 5.74) is 0. The van der Waals surface area contributed by atoms with Gasteiger partial charge in [-0.05, 0) is 12.1 Å². The normalized spacial score (nSPS) is 11.7. The first kappa shape index (κ1) is 13.7. The highest BCUT2D eigenvalue weighted by molar-refractivity contribution is 7.91. The van der Waals surface area contributed by atoms with E-state index in [1.54, 1.807) is 17.0 Å². The van der Waals surface area contributed by atoms with Gasteiger partial charge in [0, 0.05) is 26.5 Å². The maximum Gasteiger partial charge on any atom is 0.252 e. The number of imidazole rings is 1. The van der Waals surface area contributed by atoms with Crippen LogP contribution in [0.4, 0.5) is 0 Å². The molecule has 0 aliphatic carbocycles. The number of nitriles is 1. The molecular formula is C11H12N4O2S2. The molecule has 0 spiro atoms. The van der Waals surface area contributed by atoms with E-state index in [0.29, 0.717) is 10.7 Å². The Hall–Kier alpha value is -1.69. The molecule has 8 heteroatoms. The summed E-state index contributed by atoms with van der Waals surface area (Å²) in [5, 5.41) is 8.74. The van der Waals surface area contributed by atoms with Crippen molar-refractivity contribution in [1.82, 2.24) is 13.9 Å².